The van der Waals surface area contributed by atoms with Gasteiger partial charge >= 0.3 is 0 Å². The fourth-order valence-electron chi connectivity index (χ4n) is 1.78. The molecule has 1 aromatic heterocycles. The largest absolute Gasteiger partial charge is 0.394 e. The van der Waals surface area contributed by atoms with Crippen LogP contribution < -0.4 is 10.5 Å². The van der Waals surface area contributed by atoms with Crippen molar-refractivity contribution in [2.75, 3.05) is 11.9 Å². The van der Waals surface area contributed by atoms with Crippen LogP contribution in [-0.2, 0) is 28.9 Å². The van der Waals surface area contributed by atoms with Crippen molar-refractivity contribution in [3.63, 3.8) is 0 Å². The van der Waals surface area contributed by atoms with Crippen molar-refractivity contribution < 1.29 is 13.5 Å². The lowest BCUT2D eigenvalue weighted by atomic mass is 10.2. The van der Waals surface area contributed by atoms with Gasteiger partial charge in [-0.1, -0.05) is 17.3 Å². The molecule has 21 heavy (non-hydrogen) atoms. The van der Waals surface area contributed by atoms with E-state index in [-0.39, 0.29) is 12.4 Å². The molecule has 0 bridgehead atoms. The molecule has 114 valence electrons. The molecule has 0 unspecified atom stereocenters. The topological polar surface area (TPSA) is 123 Å². The maximum atomic E-state index is 11.0. The molecule has 0 radical (unpaired) electrons. The SMILES string of the molecule is NS(=O)(=O)Cc1ccc(NCc2cn(CCO)nn2)cc1. The van der Waals surface area contributed by atoms with Gasteiger partial charge in [0.15, 0.2) is 0 Å². The number of sulfonamides is 1. The first-order valence-corrected chi connectivity index (χ1v) is 8.01. The highest BCUT2D eigenvalue weighted by Gasteiger charge is 2.05. The Morgan fingerprint density at radius 1 is 1.29 bits per heavy atom. The summed E-state index contributed by atoms with van der Waals surface area (Å²) in [5.74, 6) is -0.178. The van der Waals surface area contributed by atoms with Crippen LogP contribution in [0.2, 0.25) is 0 Å². The van der Waals surface area contributed by atoms with Gasteiger partial charge in [0.1, 0.15) is 5.69 Å². The van der Waals surface area contributed by atoms with Crippen molar-refractivity contribution in [2.24, 2.45) is 5.14 Å². The average Bonchev–Trinajstić information content (AvgIpc) is 2.84. The van der Waals surface area contributed by atoms with Crippen molar-refractivity contribution in [2.45, 2.75) is 18.8 Å². The highest BCUT2D eigenvalue weighted by Crippen LogP contribution is 2.12. The maximum absolute atomic E-state index is 11.0. The summed E-state index contributed by atoms with van der Waals surface area (Å²) in [6, 6.07) is 6.96. The van der Waals surface area contributed by atoms with Crippen LogP contribution in [0.1, 0.15) is 11.3 Å². The van der Waals surface area contributed by atoms with Crippen LogP contribution in [0.4, 0.5) is 5.69 Å². The zero-order valence-corrected chi connectivity index (χ0v) is 12.1. The zero-order valence-electron chi connectivity index (χ0n) is 11.3. The molecule has 0 atom stereocenters. The Morgan fingerprint density at radius 3 is 2.62 bits per heavy atom. The molecular weight excluding hydrogens is 294 g/mol. The molecule has 0 amide bonds. The molecule has 8 nitrogen and oxygen atoms in total. The molecule has 4 N–H and O–H groups in total. The van der Waals surface area contributed by atoms with Gasteiger partial charge in [0, 0.05) is 5.69 Å². The fourth-order valence-corrected chi connectivity index (χ4v) is 2.43. The first-order chi connectivity index (χ1) is 9.96. The third kappa shape index (κ3) is 5.14. The number of nitrogens with two attached hydrogens (primary N) is 1. The Morgan fingerprint density at radius 2 is 2.00 bits per heavy atom. The molecule has 0 saturated heterocycles. The summed E-state index contributed by atoms with van der Waals surface area (Å²) in [5, 5.41) is 24.7. The lowest BCUT2D eigenvalue weighted by molar-refractivity contribution is 0.268. The summed E-state index contributed by atoms with van der Waals surface area (Å²) in [4.78, 5) is 0. The van der Waals surface area contributed by atoms with Crippen LogP contribution in [-0.4, -0.2) is 35.1 Å². The molecule has 0 aliphatic carbocycles. The Hall–Kier alpha value is -1.97. The number of nitrogens with zero attached hydrogens (tertiary/aromatic N) is 3. The van der Waals surface area contributed by atoms with E-state index in [0.29, 0.717) is 18.7 Å². The number of primary sulfonamides is 1. The zero-order chi connectivity index (χ0) is 15.3. The number of rotatable bonds is 7. The predicted molar refractivity (Wildman–Crippen MR) is 77.7 cm³/mol. The van der Waals surface area contributed by atoms with E-state index in [1.54, 1.807) is 35.1 Å². The number of anilines is 1. The minimum absolute atomic E-state index is 0.0156. The van der Waals surface area contributed by atoms with Gasteiger partial charge in [0.05, 0.1) is 31.6 Å². The van der Waals surface area contributed by atoms with Crippen LogP contribution >= 0.6 is 0 Å². The first kappa shape index (κ1) is 15.4. The van der Waals surface area contributed by atoms with E-state index in [9.17, 15) is 8.42 Å². The van der Waals surface area contributed by atoms with Gasteiger partial charge < -0.3 is 10.4 Å². The Bertz CT molecular complexity index is 681. The molecule has 0 aliphatic rings. The lowest BCUT2D eigenvalue weighted by Gasteiger charge is -2.05. The molecule has 0 fully saturated rings. The number of aliphatic hydroxyl groups is 1. The number of hydrogen-bond donors (Lipinski definition) is 3. The van der Waals surface area contributed by atoms with Gasteiger partial charge in [0.2, 0.25) is 10.0 Å². The molecular formula is C12H17N5O3S. The molecule has 0 spiro atoms. The van der Waals surface area contributed by atoms with Gasteiger partial charge in [-0.3, -0.25) is 0 Å². The summed E-state index contributed by atoms with van der Waals surface area (Å²) in [5.41, 5.74) is 2.22. The summed E-state index contributed by atoms with van der Waals surface area (Å²) in [6.45, 7) is 0.914. The molecule has 0 aliphatic heterocycles. The smallest absolute Gasteiger partial charge is 0.213 e. The lowest BCUT2D eigenvalue weighted by Crippen LogP contribution is -2.14. The van der Waals surface area contributed by atoms with Gasteiger partial charge in [-0.25, -0.2) is 18.2 Å². The second kappa shape index (κ2) is 6.66. The first-order valence-electron chi connectivity index (χ1n) is 6.29. The van der Waals surface area contributed by atoms with Crippen molar-refractivity contribution in [3.8, 4) is 0 Å². The standard InChI is InChI=1S/C12H17N5O3S/c13-21(19,20)9-10-1-3-11(4-2-10)14-7-12-8-17(5-6-18)16-15-12/h1-4,8,14,18H,5-7,9H2,(H2,13,19,20). The van der Waals surface area contributed by atoms with E-state index in [1.807, 2.05) is 0 Å². The van der Waals surface area contributed by atoms with E-state index in [2.05, 4.69) is 15.6 Å². The minimum atomic E-state index is -3.51. The van der Waals surface area contributed by atoms with Crippen molar-refractivity contribution >= 4 is 15.7 Å². The molecule has 9 heteroatoms. The number of aliphatic hydroxyl groups excluding tert-OH is 1. The Labute approximate surface area is 122 Å². The van der Waals surface area contributed by atoms with Gasteiger partial charge in [0.25, 0.3) is 0 Å². The number of benzene rings is 1. The Balaban J connectivity index is 1.91. The van der Waals surface area contributed by atoms with Gasteiger partial charge in [-0.2, -0.15) is 0 Å². The van der Waals surface area contributed by atoms with E-state index in [0.717, 1.165) is 11.4 Å². The van der Waals surface area contributed by atoms with Crippen LogP contribution in [0.5, 0.6) is 0 Å². The van der Waals surface area contributed by atoms with Crippen molar-refractivity contribution in [1.82, 2.24) is 15.0 Å². The third-order valence-electron chi connectivity index (χ3n) is 2.71. The summed E-state index contributed by atoms with van der Waals surface area (Å²) < 4.78 is 23.5. The average molecular weight is 311 g/mol. The molecule has 2 rings (SSSR count). The van der Waals surface area contributed by atoms with Crippen LogP contribution in [0.3, 0.4) is 0 Å². The van der Waals surface area contributed by atoms with Crippen molar-refractivity contribution in [1.29, 1.82) is 0 Å². The van der Waals surface area contributed by atoms with E-state index in [1.165, 1.54) is 0 Å². The third-order valence-corrected chi connectivity index (χ3v) is 3.45. The van der Waals surface area contributed by atoms with Crippen LogP contribution in [0.25, 0.3) is 0 Å². The molecule has 0 saturated carbocycles. The van der Waals surface area contributed by atoms with Crippen LogP contribution in [0.15, 0.2) is 30.5 Å². The highest BCUT2D eigenvalue weighted by atomic mass is 32.2. The van der Waals surface area contributed by atoms with E-state index >= 15 is 0 Å². The maximum Gasteiger partial charge on any atom is 0.213 e. The van der Waals surface area contributed by atoms with Gasteiger partial charge in [-0.05, 0) is 17.7 Å². The predicted octanol–water partition coefficient (Wildman–Crippen LogP) is -0.329. The summed E-state index contributed by atoms with van der Waals surface area (Å²) in [6.07, 6.45) is 1.75. The quantitative estimate of drug-likeness (QED) is 0.643. The van der Waals surface area contributed by atoms with Gasteiger partial charge in [-0.15, -0.1) is 5.10 Å². The Kier molecular flexibility index (Phi) is 4.89. The number of nitrogens with one attached hydrogen (secondary N) is 1. The molecule has 2 aromatic rings. The summed E-state index contributed by atoms with van der Waals surface area (Å²) in [7, 11) is -3.51. The van der Waals surface area contributed by atoms with Crippen molar-refractivity contribution in [3.05, 3.63) is 41.7 Å². The van der Waals surface area contributed by atoms with E-state index < -0.39 is 10.0 Å². The molecule has 1 heterocycles. The minimum Gasteiger partial charge on any atom is -0.394 e. The highest BCUT2D eigenvalue weighted by molar-refractivity contribution is 7.88. The van der Waals surface area contributed by atoms with E-state index in [4.69, 9.17) is 10.2 Å². The monoisotopic (exact) mass is 311 g/mol. The molecule has 1 aromatic carbocycles. The number of hydrogen-bond acceptors (Lipinski definition) is 6. The summed E-state index contributed by atoms with van der Waals surface area (Å²) >= 11 is 0. The fraction of sp³-hybridized carbons (Fsp3) is 0.333. The second-order valence-corrected chi connectivity index (χ2v) is 6.17. The number of aromatic nitrogens is 3. The second-order valence-electron chi connectivity index (χ2n) is 4.55. The normalized spacial score (nSPS) is 11.5. The van der Waals surface area contributed by atoms with Crippen LogP contribution in [0, 0.1) is 0 Å².